The van der Waals surface area contributed by atoms with Crippen molar-refractivity contribution in [1.82, 2.24) is 20.4 Å². The summed E-state index contributed by atoms with van der Waals surface area (Å²) in [6, 6.07) is -0.384. The first-order valence-electron chi connectivity index (χ1n) is 7.18. The predicted octanol–water partition coefficient (Wildman–Crippen LogP) is 0.250. The minimum atomic E-state index is -0.384. The standard InChI is InChI=1S/C13H26N4O2/c1-3-5-6-14-13(19)15-12(18)11-17-9-7-16(4-2)8-10-17/h3-11H2,1-2H3,(H2,14,15,18,19). The van der Waals surface area contributed by atoms with Gasteiger partial charge in [-0.1, -0.05) is 20.3 Å². The molecule has 1 aliphatic heterocycles. The number of nitrogens with zero attached hydrogens (tertiary/aromatic N) is 2. The van der Waals surface area contributed by atoms with E-state index in [2.05, 4.69) is 34.3 Å². The lowest BCUT2D eigenvalue weighted by Crippen LogP contribution is -2.50. The van der Waals surface area contributed by atoms with Crippen LogP contribution in [-0.4, -0.2) is 67.6 Å². The van der Waals surface area contributed by atoms with E-state index in [1.54, 1.807) is 0 Å². The van der Waals surface area contributed by atoms with Crippen LogP contribution in [0.2, 0.25) is 0 Å². The number of imide groups is 1. The van der Waals surface area contributed by atoms with Crippen LogP contribution < -0.4 is 10.6 Å². The Morgan fingerprint density at radius 2 is 1.68 bits per heavy atom. The summed E-state index contributed by atoms with van der Waals surface area (Å²) < 4.78 is 0. The molecule has 6 heteroatoms. The summed E-state index contributed by atoms with van der Waals surface area (Å²) in [4.78, 5) is 27.5. The summed E-state index contributed by atoms with van der Waals surface area (Å²) in [6.45, 7) is 9.93. The van der Waals surface area contributed by atoms with Crippen LogP contribution in [-0.2, 0) is 4.79 Å². The number of carbonyl (C=O) groups is 2. The van der Waals surface area contributed by atoms with Crippen LogP contribution in [0.1, 0.15) is 26.7 Å². The first kappa shape index (κ1) is 15.9. The molecule has 1 saturated heterocycles. The molecular formula is C13H26N4O2. The number of likely N-dealkylation sites (N-methyl/N-ethyl adjacent to an activating group) is 1. The van der Waals surface area contributed by atoms with Crippen LogP contribution in [0.15, 0.2) is 0 Å². The molecular weight excluding hydrogens is 244 g/mol. The molecule has 0 aromatic rings. The van der Waals surface area contributed by atoms with Crippen LogP contribution >= 0.6 is 0 Å². The van der Waals surface area contributed by atoms with Gasteiger partial charge in [0.25, 0.3) is 0 Å². The quantitative estimate of drug-likeness (QED) is 0.679. The van der Waals surface area contributed by atoms with Gasteiger partial charge in [0.15, 0.2) is 0 Å². The van der Waals surface area contributed by atoms with Crippen molar-refractivity contribution in [2.75, 3.05) is 45.8 Å². The van der Waals surface area contributed by atoms with Gasteiger partial charge in [0, 0.05) is 32.7 Å². The van der Waals surface area contributed by atoms with E-state index in [9.17, 15) is 9.59 Å². The fourth-order valence-corrected chi connectivity index (χ4v) is 2.06. The Hall–Kier alpha value is -1.14. The molecule has 0 radical (unpaired) electrons. The fourth-order valence-electron chi connectivity index (χ4n) is 2.06. The molecule has 0 aromatic carbocycles. The number of nitrogens with one attached hydrogen (secondary N) is 2. The Labute approximate surface area is 115 Å². The summed E-state index contributed by atoms with van der Waals surface area (Å²) in [5.41, 5.74) is 0. The number of piperazine rings is 1. The summed E-state index contributed by atoms with van der Waals surface area (Å²) in [6.07, 6.45) is 1.95. The van der Waals surface area contributed by atoms with Gasteiger partial charge in [-0.2, -0.15) is 0 Å². The van der Waals surface area contributed by atoms with E-state index in [1.807, 2.05) is 0 Å². The smallest absolute Gasteiger partial charge is 0.321 e. The van der Waals surface area contributed by atoms with Crippen LogP contribution in [0.25, 0.3) is 0 Å². The highest BCUT2D eigenvalue weighted by atomic mass is 16.2. The lowest BCUT2D eigenvalue weighted by Gasteiger charge is -2.33. The predicted molar refractivity (Wildman–Crippen MR) is 75.0 cm³/mol. The van der Waals surface area contributed by atoms with Gasteiger partial charge >= 0.3 is 6.03 Å². The third-order valence-corrected chi connectivity index (χ3v) is 3.35. The SMILES string of the molecule is CCCCNC(=O)NC(=O)CN1CCN(CC)CC1. The first-order valence-corrected chi connectivity index (χ1v) is 7.18. The van der Waals surface area contributed by atoms with E-state index in [4.69, 9.17) is 0 Å². The van der Waals surface area contributed by atoms with Crippen molar-refractivity contribution in [2.24, 2.45) is 0 Å². The van der Waals surface area contributed by atoms with Crippen molar-refractivity contribution in [3.05, 3.63) is 0 Å². The summed E-state index contributed by atoms with van der Waals surface area (Å²) in [5, 5.41) is 5.04. The van der Waals surface area contributed by atoms with E-state index >= 15 is 0 Å². The molecule has 1 fully saturated rings. The highest BCUT2D eigenvalue weighted by molar-refractivity contribution is 5.95. The number of hydrogen-bond donors (Lipinski definition) is 2. The van der Waals surface area contributed by atoms with E-state index < -0.39 is 0 Å². The van der Waals surface area contributed by atoms with Crippen molar-refractivity contribution in [2.45, 2.75) is 26.7 Å². The molecule has 0 saturated carbocycles. The molecule has 0 unspecified atom stereocenters. The first-order chi connectivity index (χ1) is 9.15. The van der Waals surface area contributed by atoms with Crippen molar-refractivity contribution >= 4 is 11.9 Å². The van der Waals surface area contributed by atoms with Gasteiger partial charge in [-0.15, -0.1) is 0 Å². The zero-order valence-electron chi connectivity index (χ0n) is 12.1. The molecule has 19 heavy (non-hydrogen) atoms. The van der Waals surface area contributed by atoms with Gasteiger partial charge in [-0.25, -0.2) is 4.79 Å². The molecule has 110 valence electrons. The van der Waals surface area contributed by atoms with E-state index in [1.165, 1.54) is 0 Å². The monoisotopic (exact) mass is 270 g/mol. The Morgan fingerprint density at radius 1 is 1.05 bits per heavy atom. The molecule has 3 amide bonds. The van der Waals surface area contributed by atoms with Crippen molar-refractivity contribution in [3.8, 4) is 0 Å². The topological polar surface area (TPSA) is 64.7 Å². The summed E-state index contributed by atoms with van der Waals surface area (Å²) in [5.74, 6) is -0.223. The molecule has 0 atom stereocenters. The van der Waals surface area contributed by atoms with Crippen LogP contribution in [0.5, 0.6) is 0 Å². The molecule has 0 aromatic heterocycles. The van der Waals surface area contributed by atoms with E-state index in [0.717, 1.165) is 45.6 Å². The number of rotatable bonds is 6. The van der Waals surface area contributed by atoms with Gasteiger partial charge in [-0.05, 0) is 13.0 Å². The zero-order chi connectivity index (χ0) is 14.1. The van der Waals surface area contributed by atoms with Crippen LogP contribution in [0.3, 0.4) is 0 Å². The van der Waals surface area contributed by atoms with Gasteiger partial charge < -0.3 is 10.2 Å². The highest BCUT2D eigenvalue weighted by Crippen LogP contribution is 2.00. The molecule has 2 N–H and O–H groups in total. The lowest BCUT2D eigenvalue weighted by atomic mass is 10.3. The van der Waals surface area contributed by atoms with Gasteiger partial charge in [0.2, 0.25) is 5.91 Å². The molecule has 1 aliphatic rings. The van der Waals surface area contributed by atoms with Gasteiger partial charge in [0.05, 0.1) is 6.54 Å². The van der Waals surface area contributed by atoms with Crippen LogP contribution in [0.4, 0.5) is 4.79 Å². The minimum absolute atomic E-state index is 0.223. The number of unbranched alkanes of at least 4 members (excludes halogenated alkanes) is 1. The van der Waals surface area contributed by atoms with E-state index in [-0.39, 0.29) is 11.9 Å². The second-order valence-corrected chi connectivity index (χ2v) is 4.87. The van der Waals surface area contributed by atoms with Crippen molar-refractivity contribution in [3.63, 3.8) is 0 Å². The van der Waals surface area contributed by atoms with Crippen molar-refractivity contribution in [1.29, 1.82) is 0 Å². The number of carbonyl (C=O) groups excluding carboxylic acids is 2. The molecule has 6 nitrogen and oxygen atoms in total. The third kappa shape index (κ3) is 6.54. The highest BCUT2D eigenvalue weighted by Gasteiger charge is 2.18. The maximum atomic E-state index is 11.7. The normalized spacial score (nSPS) is 17.2. The molecule has 0 aliphatic carbocycles. The number of urea groups is 1. The number of hydrogen-bond acceptors (Lipinski definition) is 4. The Morgan fingerprint density at radius 3 is 2.26 bits per heavy atom. The van der Waals surface area contributed by atoms with E-state index in [0.29, 0.717) is 13.1 Å². The average molecular weight is 270 g/mol. The van der Waals surface area contributed by atoms with Gasteiger partial charge in [0.1, 0.15) is 0 Å². The summed E-state index contributed by atoms with van der Waals surface area (Å²) >= 11 is 0. The molecule has 1 heterocycles. The average Bonchev–Trinajstić information content (AvgIpc) is 2.39. The van der Waals surface area contributed by atoms with Gasteiger partial charge in [-0.3, -0.25) is 15.0 Å². The molecule has 1 rings (SSSR count). The second-order valence-electron chi connectivity index (χ2n) is 4.87. The molecule has 0 spiro atoms. The second kappa shape index (κ2) is 8.87. The Bertz CT molecular complexity index is 288. The Balaban J connectivity index is 2.15. The Kier molecular flexibility index (Phi) is 7.43. The third-order valence-electron chi connectivity index (χ3n) is 3.35. The van der Waals surface area contributed by atoms with Crippen LogP contribution in [0, 0.1) is 0 Å². The molecule has 0 bridgehead atoms. The lowest BCUT2D eigenvalue weighted by molar-refractivity contribution is -0.121. The maximum Gasteiger partial charge on any atom is 0.321 e. The fraction of sp³-hybridized carbons (Fsp3) is 0.846. The minimum Gasteiger partial charge on any atom is -0.338 e. The number of amides is 3. The summed E-state index contributed by atoms with van der Waals surface area (Å²) in [7, 11) is 0. The largest absolute Gasteiger partial charge is 0.338 e. The zero-order valence-corrected chi connectivity index (χ0v) is 12.1. The maximum absolute atomic E-state index is 11.7. The van der Waals surface area contributed by atoms with Crippen molar-refractivity contribution < 1.29 is 9.59 Å².